The number of likely N-dealkylation sites (N-methyl/N-ethyl adjacent to an activating group) is 1. The zero-order valence-corrected chi connectivity index (χ0v) is 12.2. The van der Waals surface area contributed by atoms with Crippen LogP contribution in [0.3, 0.4) is 0 Å². The second-order valence-electron chi connectivity index (χ2n) is 4.39. The van der Waals surface area contributed by atoms with Crippen LogP contribution in [0.1, 0.15) is 19.4 Å². The molecule has 0 aliphatic rings. The van der Waals surface area contributed by atoms with Crippen LogP contribution in [0.5, 0.6) is 0 Å². The molecule has 0 radical (unpaired) electrons. The molecule has 0 saturated carbocycles. The molecule has 1 aromatic carbocycles. The molecule has 0 atom stereocenters. The Balaban J connectivity index is 1.98. The largest absolute Gasteiger partial charge is 0.360 e. The Morgan fingerprint density at radius 2 is 2.06 bits per heavy atom. The van der Waals surface area contributed by atoms with Crippen molar-refractivity contribution < 1.29 is 0 Å². The van der Waals surface area contributed by atoms with Gasteiger partial charge in [-0.25, -0.2) is 4.98 Å². The highest BCUT2D eigenvalue weighted by Gasteiger charge is 2.05. The fourth-order valence-corrected chi connectivity index (χ4v) is 2.99. The first kappa shape index (κ1) is 13.3. The highest BCUT2D eigenvalue weighted by Crippen LogP contribution is 2.27. The number of rotatable bonds is 6. The molecule has 0 unspecified atom stereocenters. The number of nitrogens with zero attached hydrogens (tertiary/aromatic N) is 2. The van der Waals surface area contributed by atoms with Gasteiger partial charge in [-0.15, -0.1) is 0 Å². The standard InChI is InChI=1S/C14H21N3S/c1-4-17(5-2)10-9-15-14-16-13-11(3)7-6-8-12(13)18-14/h6-8H,4-5,9-10H2,1-3H3,(H,15,16). The first-order valence-electron chi connectivity index (χ1n) is 6.57. The number of hydrogen-bond donors (Lipinski definition) is 1. The number of benzene rings is 1. The average Bonchev–Trinajstić information content (AvgIpc) is 2.79. The van der Waals surface area contributed by atoms with Crippen molar-refractivity contribution in [2.75, 3.05) is 31.5 Å². The molecule has 0 fully saturated rings. The Labute approximate surface area is 113 Å². The molecule has 0 aliphatic heterocycles. The lowest BCUT2D eigenvalue weighted by Gasteiger charge is -2.17. The molecule has 0 aliphatic carbocycles. The van der Waals surface area contributed by atoms with Crippen LogP contribution < -0.4 is 5.32 Å². The Morgan fingerprint density at radius 3 is 2.72 bits per heavy atom. The molecular weight excluding hydrogens is 242 g/mol. The van der Waals surface area contributed by atoms with Crippen molar-refractivity contribution in [2.24, 2.45) is 0 Å². The van der Waals surface area contributed by atoms with E-state index in [1.54, 1.807) is 11.3 Å². The van der Waals surface area contributed by atoms with Crippen molar-refractivity contribution in [1.29, 1.82) is 0 Å². The van der Waals surface area contributed by atoms with E-state index < -0.39 is 0 Å². The van der Waals surface area contributed by atoms with E-state index in [1.807, 2.05) is 0 Å². The lowest BCUT2D eigenvalue weighted by molar-refractivity contribution is 0.316. The minimum absolute atomic E-state index is 0.959. The van der Waals surface area contributed by atoms with Gasteiger partial charge in [-0.1, -0.05) is 37.3 Å². The van der Waals surface area contributed by atoms with E-state index in [4.69, 9.17) is 0 Å². The lowest BCUT2D eigenvalue weighted by atomic mass is 10.2. The van der Waals surface area contributed by atoms with Crippen LogP contribution in [0.15, 0.2) is 18.2 Å². The van der Waals surface area contributed by atoms with E-state index >= 15 is 0 Å². The van der Waals surface area contributed by atoms with Gasteiger partial charge in [-0.3, -0.25) is 0 Å². The van der Waals surface area contributed by atoms with Gasteiger partial charge in [-0.2, -0.15) is 0 Å². The SMILES string of the molecule is CCN(CC)CCNc1nc2c(C)cccc2s1. The molecular formula is C14H21N3S. The first-order valence-corrected chi connectivity index (χ1v) is 7.38. The molecule has 0 saturated heterocycles. The van der Waals surface area contributed by atoms with Crippen molar-refractivity contribution in [3.8, 4) is 0 Å². The second-order valence-corrected chi connectivity index (χ2v) is 5.42. The van der Waals surface area contributed by atoms with E-state index in [1.165, 1.54) is 10.3 Å². The van der Waals surface area contributed by atoms with E-state index in [0.717, 1.165) is 36.8 Å². The van der Waals surface area contributed by atoms with Gasteiger partial charge >= 0.3 is 0 Å². The van der Waals surface area contributed by atoms with Crippen molar-refractivity contribution >= 4 is 26.7 Å². The Kier molecular flexibility index (Phi) is 4.55. The molecule has 3 nitrogen and oxygen atoms in total. The van der Waals surface area contributed by atoms with Crippen molar-refractivity contribution in [3.63, 3.8) is 0 Å². The van der Waals surface area contributed by atoms with Crippen molar-refractivity contribution in [3.05, 3.63) is 23.8 Å². The molecule has 0 spiro atoms. The van der Waals surface area contributed by atoms with Gasteiger partial charge in [0.25, 0.3) is 0 Å². The summed E-state index contributed by atoms with van der Waals surface area (Å²) in [5.74, 6) is 0. The predicted octanol–water partition coefficient (Wildman–Crippen LogP) is 3.36. The maximum Gasteiger partial charge on any atom is 0.183 e. The van der Waals surface area contributed by atoms with E-state index in [9.17, 15) is 0 Å². The van der Waals surface area contributed by atoms with Crippen molar-refractivity contribution in [2.45, 2.75) is 20.8 Å². The molecule has 1 N–H and O–H groups in total. The third kappa shape index (κ3) is 3.00. The van der Waals surface area contributed by atoms with E-state index in [2.05, 4.69) is 54.2 Å². The Bertz CT molecular complexity index is 503. The van der Waals surface area contributed by atoms with Crippen LogP contribution in [-0.2, 0) is 0 Å². The molecule has 1 aromatic heterocycles. The highest BCUT2D eigenvalue weighted by atomic mass is 32.1. The minimum Gasteiger partial charge on any atom is -0.360 e. The first-order chi connectivity index (χ1) is 8.74. The Morgan fingerprint density at radius 1 is 1.28 bits per heavy atom. The summed E-state index contributed by atoms with van der Waals surface area (Å²) in [5, 5.41) is 4.46. The summed E-state index contributed by atoms with van der Waals surface area (Å²) in [4.78, 5) is 7.06. The third-order valence-corrected chi connectivity index (χ3v) is 4.20. The molecule has 0 bridgehead atoms. The van der Waals surface area contributed by atoms with Gasteiger partial charge in [-0.05, 0) is 31.6 Å². The van der Waals surface area contributed by atoms with Gasteiger partial charge in [0.1, 0.15) is 0 Å². The topological polar surface area (TPSA) is 28.2 Å². The quantitative estimate of drug-likeness (QED) is 0.866. The van der Waals surface area contributed by atoms with Crippen molar-refractivity contribution in [1.82, 2.24) is 9.88 Å². The molecule has 98 valence electrons. The van der Waals surface area contributed by atoms with Gasteiger partial charge < -0.3 is 10.2 Å². The maximum atomic E-state index is 4.65. The van der Waals surface area contributed by atoms with Gasteiger partial charge in [0, 0.05) is 13.1 Å². The summed E-state index contributed by atoms with van der Waals surface area (Å²) in [6.07, 6.45) is 0. The molecule has 18 heavy (non-hydrogen) atoms. The molecule has 1 heterocycles. The number of aromatic nitrogens is 1. The summed E-state index contributed by atoms with van der Waals surface area (Å²) in [5.41, 5.74) is 2.38. The summed E-state index contributed by atoms with van der Waals surface area (Å²) >= 11 is 1.74. The summed E-state index contributed by atoms with van der Waals surface area (Å²) in [6, 6.07) is 6.34. The minimum atomic E-state index is 0.959. The summed E-state index contributed by atoms with van der Waals surface area (Å²) in [7, 11) is 0. The predicted molar refractivity (Wildman–Crippen MR) is 80.6 cm³/mol. The monoisotopic (exact) mass is 263 g/mol. The molecule has 0 amide bonds. The fraction of sp³-hybridized carbons (Fsp3) is 0.500. The highest BCUT2D eigenvalue weighted by molar-refractivity contribution is 7.22. The average molecular weight is 263 g/mol. The number of aryl methyl sites for hydroxylation is 1. The lowest BCUT2D eigenvalue weighted by Crippen LogP contribution is -2.28. The number of thiazole rings is 1. The number of nitrogens with one attached hydrogen (secondary N) is 1. The zero-order valence-electron chi connectivity index (χ0n) is 11.4. The molecule has 2 rings (SSSR count). The molecule has 2 aromatic rings. The summed E-state index contributed by atoms with van der Waals surface area (Å²) in [6.45, 7) is 10.8. The van der Waals surface area contributed by atoms with Crippen LogP contribution >= 0.6 is 11.3 Å². The number of para-hydroxylation sites is 1. The van der Waals surface area contributed by atoms with Gasteiger partial charge in [0.15, 0.2) is 5.13 Å². The third-order valence-electron chi connectivity index (χ3n) is 3.22. The van der Waals surface area contributed by atoms with Gasteiger partial charge in [0.05, 0.1) is 10.2 Å². The smallest absolute Gasteiger partial charge is 0.183 e. The number of hydrogen-bond acceptors (Lipinski definition) is 4. The Hall–Kier alpha value is -1.13. The zero-order chi connectivity index (χ0) is 13.0. The van der Waals surface area contributed by atoms with E-state index in [0.29, 0.717) is 0 Å². The molecule has 4 heteroatoms. The number of fused-ring (bicyclic) bond motifs is 1. The van der Waals surface area contributed by atoms with Gasteiger partial charge in [0.2, 0.25) is 0 Å². The second kappa shape index (κ2) is 6.16. The van der Waals surface area contributed by atoms with Crippen LogP contribution in [0, 0.1) is 6.92 Å². The van der Waals surface area contributed by atoms with Crippen LogP contribution in [-0.4, -0.2) is 36.1 Å². The normalized spacial score (nSPS) is 11.3. The summed E-state index contributed by atoms with van der Waals surface area (Å²) < 4.78 is 1.26. The van der Waals surface area contributed by atoms with Crippen LogP contribution in [0.25, 0.3) is 10.2 Å². The van der Waals surface area contributed by atoms with Crippen LogP contribution in [0.2, 0.25) is 0 Å². The maximum absolute atomic E-state index is 4.65. The number of anilines is 1. The fourth-order valence-electron chi connectivity index (χ4n) is 2.02. The van der Waals surface area contributed by atoms with E-state index in [-0.39, 0.29) is 0 Å². The van der Waals surface area contributed by atoms with Crippen LogP contribution in [0.4, 0.5) is 5.13 Å².